The molecule has 1 aromatic carbocycles. The third-order valence-corrected chi connectivity index (χ3v) is 3.34. The SMILES string of the molecule is CCNc1nnc(-c2ccncc2)o1.O=[N+]([O-])c1cc([N+](=O)[O-])c(O)c([N+](=O)[O-])c1. The Labute approximate surface area is 166 Å². The van der Waals surface area contributed by atoms with Crippen molar-refractivity contribution in [2.24, 2.45) is 0 Å². The number of rotatable bonds is 6. The molecule has 0 aliphatic heterocycles. The molecule has 0 saturated carbocycles. The summed E-state index contributed by atoms with van der Waals surface area (Å²) in [4.78, 5) is 31.7. The maximum Gasteiger partial charge on any atom is 0.324 e. The van der Waals surface area contributed by atoms with Crippen molar-refractivity contribution in [2.45, 2.75) is 6.92 Å². The summed E-state index contributed by atoms with van der Waals surface area (Å²) in [6, 6.07) is 4.98. The zero-order chi connectivity index (χ0) is 22.3. The highest BCUT2D eigenvalue weighted by molar-refractivity contribution is 5.64. The van der Waals surface area contributed by atoms with Crippen LogP contribution in [0.15, 0.2) is 41.1 Å². The Hall–Kier alpha value is -4.69. The minimum Gasteiger partial charge on any atom is -0.497 e. The smallest absolute Gasteiger partial charge is 0.324 e. The summed E-state index contributed by atoms with van der Waals surface area (Å²) in [6.07, 6.45) is 3.37. The van der Waals surface area contributed by atoms with Gasteiger partial charge < -0.3 is 14.8 Å². The molecule has 0 fully saturated rings. The second-order valence-electron chi connectivity index (χ2n) is 5.28. The largest absolute Gasteiger partial charge is 0.497 e. The van der Waals surface area contributed by atoms with Crippen molar-refractivity contribution in [1.82, 2.24) is 15.2 Å². The average Bonchev–Trinajstić information content (AvgIpc) is 3.17. The highest BCUT2D eigenvalue weighted by Crippen LogP contribution is 2.38. The standard InChI is InChI=1S/C9H10N4O.C6H3N3O7/c1-2-11-9-13-12-8(14-9)7-3-5-10-6-4-7;10-6-4(8(13)14)1-3(7(11)12)2-5(6)9(15)16/h3-6H,2H2,1H3,(H,11,13);1-2,10H. The van der Waals surface area contributed by atoms with Gasteiger partial charge in [0.15, 0.2) is 0 Å². The lowest BCUT2D eigenvalue weighted by Crippen LogP contribution is -1.97. The first-order chi connectivity index (χ1) is 14.2. The maximum absolute atomic E-state index is 10.4. The predicted octanol–water partition coefficient (Wildman–Crippen LogP) is 2.68. The molecule has 0 aliphatic carbocycles. The van der Waals surface area contributed by atoms with Crippen molar-refractivity contribution in [2.75, 3.05) is 11.9 Å². The molecule has 2 N–H and O–H groups in total. The van der Waals surface area contributed by atoms with Gasteiger partial charge >= 0.3 is 17.4 Å². The Morgan fingerprint density at radius 3 is 2.03 bits per heavy atom. The number of benzene rings is 1. The normalized spacial score (nSPS) is 9.90. The third-order valence-electron chi connectivity index (χ3n) is 3.34. The number of anilines is 1. The monoisotopic (exact) mass is 419 g/mol. The van der Waals surface area contributed by atoms with E-state index in [0.717, 1.165) is 12.1 Å². The molecule has 15 nitrogen and oxygen atoms in total. The molecule has 0 amide bonds. The van der Waals surface area contributed by atoms with E-state index in [4.69, 9.17) is 9.52 Å². The highest BCUT2D eigenvalue weighted by atomic mass is 16.6. The molecule has 0 spiro atoms. The molecular formula is C15H13N7O8. The first-order valence-corrected chi connectivity index (χ1v) is 8.02. The van der Waals surface area contributed by atoms with E-state index in [1.54, 1.807) is 12.4 Å². The molecule has 0 bridgehead atoms. The zero-order valence-electron chi connectivity index (χ0n) is 15.2. The van der Waals surface area contributed by atoms with Crippen LogP contribution >= 0.6 is 0 Å². The number of phenolic OH excluding ortho intramolecular Hbond substituents is 1. The predicted molar refractivity (Wildman–Crippen MR) is 99.8 cm³/mol. The number of hydrogen-bond donors (Lipinski definition) is 2. The van der Waals surface area contributed by atoms with Crippen molar-refractivity contribution in [1.29, 1.82) is 0 Å². The fourth-order valence-corrected chi connectivity index (χ4v) is 2.03. The number of phenols is 1. The van der Waals surface area contributed by atoms with Crippen LogP contribution in [0.5, 0.6) is 5.75 Å². The van der Waals surface area contributed by atoms with Gasteiger partial charge in [-0.3, -0.25) is 35.3 Å². The maximum atomic E-state index is 10.4. The van der Waals surface area contributed by atoms with Crippen LogP contribution in [-0.4, -0.2) is 41.6 Å². The Bertz CT molecular complexity index is 1030. The van der Waals surface area contributed by atoms with Gasteiger partial charge in [-0.05, 0) is 19.1 Å². The molecule has 30 heavy (non-hydrogen) atoms. The zero-order valence-corrected chi connectivity index (χ0v) is 15.2. The number of hydrogen-bond acceptors (Lipinski definition) is 12. The summed E-state index contributed by atoms with van der Waals surface area (Å²) in [5.41, 5.74) is -2.13. The molecule has 2 heterocycles. The van der Waals surface area contributed by atoms with E-state index in [1.807, 2.05) is 19.1 Å². The van der Waals surface area contributed by atoms with E-state index in [2.05, 4.69) is 20.5 Å². The van der Waals surface area contributed by atoms with Gasteiger partial charge in [0.05, 0.1) is 26.9 Å². The topological polar surface area (TPSA) is 213 Å². The molecule has 15 heteroatoms. The van der Waals surface area contributed by atoms with E-state index >= 15 is 0 Å². The summed E-state index contributed by atoms with van der Waals surface area (Å²) in [6.45, 7) is 2.73. The Balaban J connectivity index is 0.000000215. The summed E-state index contributed by atoms with van der Waals surface area (Å²) in [7, 11) is 0. The van der Waals surface area contributed by atoms with Gasteiger partial charge in [-0.25, -0.2) is 0 Å². The van der Waals surface area contributed by atoms with E-state index in [0.29, 0.717) is 24.0 Å². The van der Waals surface area contributed by atoms with Gasteiger partial charge in [0.25, 0.3) is 11.4 Å². The Morgan fingerprint density at radius 2 is 1.57 bits per heavy atom. The quantitative estimate of drug-likeness (QED) is 0.435. The van der Waals surface area contributed by atoms with Crippen molar-refractivity contribution >= 4 is 23.1 Å². The van der Waals surface area contributed by atoms with Gasteiger partial charge in [-0.1, -0.05) is 5.10 Å². The summed E-state index contributed by atoms with van der Waals surface area (Å²) in [5.74, 6) is -0.705. The van der Waals surface area contributed by atoms with Crippen LogP contribution in [0.2, 0.25) is 0 Å². The molecule has 0 unspecified atom stereocenters. The van der Waals surface area contributed by atoms with Crippen LogP contribution in [-0.2, 0) is 0 Å². The molecule has 3 rings (SSSR count). The lowest BCUT2D eigenvalue weighted by molar-refractivity contribution is -0.404. The number of pyridine rings is 1. The van der Waals surface area contributed by atoms with Crippen LogP contribution in [0, 0.1) is 30.3 Å². The average molecular weight is 419 g/mol. The van der Waals surface area contributed by atoms with Gasteiger partial charge in [0.2, 0.25) is 5.89 Å². The van der Waals surface area contributed by atoms with Crippen LogP contribution in [0.3, 0.4) is 0 Å². The second-order valence-corrected chi connectivity index (χ2v) is 5.28. The summed E-state index contributed by atoms with van der Waals surface area (Å²) < 4.78 is 5.35. The summed E-state index contributed by atoms with van der Waals surface area (Å²) in [5, 5.41) is 50.9. The molecule has 0 atom stereocenters. The number of nitrogens with zero attached hydrogens (tertiary/aromatic N) is 6. The third kappa shape index (κ3) is 5.18. The Morgan fingerprint density at radius 1 is 1.00 bits per heavy atom. The first kappa shape index (κ1) is 21.6. The number of aromatic nitrogens is 3. The van der Waals surface area contributed by atoms with Crippen LogP contribution in [0.1, 0.15) is 6.92 Å². The fourth-order valence-electron chi connectivity index (χ4n) is 2.03. The van der Waals surface area contributed by atoms with Crippen LogP contribution in [0.4, 0.5) is 23.1 Å². The number of nitro groups is 3. The van der Waals surface area contributed by atoms with E-state index in [-0.39, 0.29) is 0 Å². The number of nitro benzene ring substituents is 3. The van der Waals surface area contributed by atoms with Crippen molar-refractivity contribution in [3.63, 3.8) is 0 Å². The lowest BCUT2D eigenvalue weighted by atomic mass is 10.2. The Kier molecular flexibility index (Phi) is 6.83. The second kappa shape index (κ2) is 9.49. The lowest BCUT2D eigenvalue weighted by Gasteiger charge is -1.97. The fraction of sp³-hybridized carbons (Fsp3) is 0.133. The van der Waals surface area contributed by atoms with Gasteiger partial charge in [0, 0.05) is 24.5 Å². The number of non-ortho nitro benzene ring substituents is 1. The van der Waals surface area contributed by atoms with Gasteiger partial charge in [0.1, 0.15) is 0 Å². The minimum absolute atomic E-state index is 0.444. The van der Waals surface area contributed by atoms with Crippen LogP contribution < -0.4 is 5.32 Å². The van der Waals surface area contributed by atoms with Gasteiger partial charge in [-0.2, -0.15) is 0 Å². The summed E-state index contributed by atoms with van der Waals surface area (Å²) >= 11 is 0. The van der Waals surface area contributed by atoms with Crippen molar-refractivity contribution < 1.29 is 24.3 Å². The van der Waals surface area contributed by atoms with Gasteiger partial charge in [-0.15, -0.1) is 5.10 Å². The van der Waals surface area contributed by atoms with E-state index < -0.39 is 37.6 Å². The van der Waals surface area contributed by atoms with E-state index in [1.165, 1.54) is 0 Å². The highest BCUT2D eigenvalue weighted by Gasteiger charge is 2.30. The van der Waals surface area contributed by atoms with Crippen molar-refractivity contribution in [3.8, 4) is 17.2 Å². The van der Waals surface area contributed by atoms with Crippen LogP contribution in [0.25, 0.3) is 11.5 Å². The molecular weight excluding hydrogens is 406 g/mol. The van der Waals surface area contributed by atoms with Crippen molar-refractivity contribution in [3.05, 3.63) is 67.0 Å². The number of aromatic hydroxyl groups is 1. The molecule has 156 valence electrons. The minimum atomic E-state index is -1.21. The molecule has 0 aliphatic rings. The molecule has 3 aromatic rings. The van der Waals surface area contributed by atoms with E-state index in [9.17, 15) is 30.3 Å². The number of nitrogens with one attached hydrogen (secondary N) is 1. The molecule has 2 aromatic heterocycles. The first-order valence-electron chi connectivity index (χ1n) is 8.02. The molecule has 0 radical (unpaired) electrons. The molecule has 0 saturated heterocycles.